The molecular weight excluding hydrogens is 392 g/mol. The zero-order valence-corrected chi connectivity index (χ0v) is 17.4. The lowest BCUT2D eigenvalue weighted by atomic mass is 10.0. The summed E-state index contributed by atoms with van der Waals surface area (Å²) in [6.45, 7) is 2.05. The summed E-state index contributed by atoms with van der Waals surface area (Å²) in [5.41, 5.74) is 4.23. The van der Waals surface area contributed by atoms with Crippen molar-refractivity contribution in [2.45, 2.75) is 23.9 Å². The highest BCUT2D eigenvalue weighted by Crippen LogP contribution is 2.46. The predicted molar refractivity (Wildman–Crippen MR) is 121 cm³/mol. The van der Waals surface area contributed by atoms with Gasteiger partial charge in [0.05, 0.1) is 17.0 Å². The van der Waals surface area contributed by atoms with Gasteiger partial charge in [-0.25, -0.2) is 13.1 Å². The van der Waals surface area contributed by atoms with Crippen molar-refractivity contribution in [3.63, 3.8) is 0 Å². The third-order valence-corrected chi connectivity index (χ3v) is 7.14. The van der Waals surface area contributed by atoms with Crippen LogP contribution in [0.2, 0.25) is 0 Å². The summed E-state index contributed by atoms with van der Waals surface area (Å²) >= 11 is 0. The van der Waals surface area contributed by atoms with E-state index in [9.17, 15) is 8.42 Å². The van der Waals surface area contributed by atoms with Gasteiger partial charge in [0.25, 0.3) is 0 Å². The fourth-order valence-electron chi connectivity index (χ4n) is 4.23. The first-order valence-electron chi connectivity index (χ1n) is 9.95. The normalized spacial score (nSPS) is 17.9. The van der Waals surface area contributed by atoms with Crippen molar-refractivity contribution in [2.75, 3.05) is 5.32 Å². The third-order valence-electron chi connectivity index (χ3n) is 5.68. The van der Waals surface area contributed by atoms with Gasteiger partial charge < -0.3 is 5.32 Å². The van der Waals surface area contributed by atoms with Gasteiger partial charge in [-0.3, -0.25) is 0 Å². The molecular formula is C25H22N2O2S. The summed E-state index contributed by atoms with van der Waals surface area (Å²) in [4.78, 5) is 0.266. The Bertz CT molecular complexity index is 1310. The Morgan fingerprint density at radius 1 is 0.700 bits per heavy atom. The highest BCUT2D eigenvalue weighted by Gasteiger charge is 2.37. The molecule has 4 nitrogen and oxygen atoms in total. The number of sulfonamides is 1. The molecule has 0 amide bonds. The van der Waals surface area contributed by atoms with Crippen LogP contribution in [0.5, 0.6) is 0 Å². The van der Waals surface area contributed by atoms with E-state index in [1.165, 1.54) is 5.56 Å². The maximum absolute atomic E-state index is 13.2. The molecule has 0 spiro atoms. The zero-order valence-electron chi connectivity index (χ0n) is 16.5. The van der Waals surface area contributed by atoms with E-state index in [1.54, 1.807) is 24.3 Å². The van der Waals surface area contributed by atoms with E-state index in [1.807, 2.05) is 55.5 Å². The molecule has 2 N–H and O–H groups in total. The first-order chi connectivity index (χ1) is 14.5. The Balaban J connectivity index is 1.60. The largest absolute Gasteiger partial charge is 0.376 e. The predicted octanol–water partition coefficient (Wildman–Crippen LogP) is 5.33. The smallest absolute Gasteiger partial charge is 0.241 e. The van der Waals surface area contributed by atoms with Crippen LogP contribution < -0.4 is 10.0 Å². The second kappa shape index (κ2) is 7.27. The average molecular weight is 415 g/mol. The molecule has 0 fully saturated rings. The molecule has 2 unspecified atom stereocenters. The van der Waals surface area contributed by atoms with Crippen molar-refractivity contribution in [1.29, 1.82) is 0 Å². The van der Waals surface area contributed by atoms with Crippen molar-refractivity contribution in [3.8, 4) is 0 Å². The standard InChI is InChI=1S/C25H22N2O2S/c1-17-13-15-19(16-14-17)26-24-21-11-5-7-18-8-6-12-22(23(18)21)25(24)27-30(28,29)20-9-3-2-4-10-20/h2-16,24-27H,1H3. The van der Waals surface area contributed by atoms with Crippen LogP contribution in [0.3, 0.4) is 0 Å². The van der Waals surface area contributed by atoms with Crippen molar-refractivity contribution in [3.05, 3.63) is 108 Å². The van der Waals surface area contributed by atoms with Gasteiger partial charge in [0.1, 0.15) is 0 Å². The minimum atomic E-state index is -3.68. The van der Waals surface area contributed by atoms with Gasteiger partial charge in [0.2, 0.25) is 10.0 Å². The molecule has 2 atom stereocenters. The van der Waals surface area contributed by atoms with Gasteiger partial charge in [-0.1, -0.05) is 72.3 Å². The molecule has 0 bridgehead atoms. The molecule has 150 valence electrons. The number of hydrogen-bond acceptors (Lipinski definition) is 3. The van der Waals surface area contributed by atoms with E-state index < -0.39 is 16.1 Å². The van der Waals surface area contributed by atoms with Crippen molar-refractivity contribution in [2.24, 2.45) is 0 Å². The summed E-state index contributed by atoms with van der Waals surface area (Å²) in [6, 6.07) is 28.3. The molecule has 0 aliphatic heterocycles. The number of aryl methyl sites for hydroxylation is 1. The molecule has 30 heavy (non-hydrogen) atoms. The summed E-state index contributed by atoms with van der Waals surface area (Å²) in [5, 5.41) is 5.80. The van der Waals surface area contributed by atoms with E-state index in [2.05, 4.69) is 28.2 Å². The topological polar surface area (TPSA) is 58.2 Å². The molecule has 5 heteroatoms. The highest BCUT2D eigenvalue weighted by molar-refractivity contribution is 7.89. The van der Waals surface area contributed by atoms with E-state index in [4.69, 9.17) is 0 Å². The molecule has 4 aromatic rings. The van der Waals surface area contributed by atoms with Crippen LogP contribution in [0, 0.1) is 6.92 Å². The van der Waals surface area contributed by atoms with E-state index in [-0.39, 0.29) is 10.9 Å². The fraction of sp³-hybridized carbons (Fsp3) is 0.120. The van der Waals surface area contributed by atoms with Crippen LogP contribution in [0.1, 0.15) is 28.8 Å². The summed E-state index contributed by atoms with van der Waals surface area (Å²) in [7, 11) is -3.68. The molecule has 1 aliphatic carbocycles. The Hall–Kier alpha value is -3.15. The quantitative estimate of drug-likeness (QED) is 0.464. The summed E-state index contributed by atoms with van der Waals surface area (Å²) < 4.78 is 29.3. The molecule has 1 aliphatic rings. The van der Waals surface area contributed by atoms with E-state index >= 15 is 0 Å². The molecule has 0 saturated heterocycles. The van der Waals surface area contributed by atoms with Gasteiger partial charge in [-0.15, -0.1) is 0 Å². The minimum absolute atomic E-state index is 0.215. The van der Waals surface area contributed by atoms with Crippen molar-refractivity contribution >= 4 is 26.5 Å². The third kappa shape index (κ3) is 3.26. The maximum atomic E-state index is 13.2. The lowest BCUT2D eigenvalue weighted by molar-refractivity contribution is 0.534. The van der Waals surface area contributed by atoms with Crippen LogP contribution in [0.15, 0.2) is 95.9 Å². The monoisotopic (exact) mass is 414 g/mol. The lowest BCUT2D eigenvalue weighted by Gasteiger charge is -2.25. The molecule has 5 rings (SSSR count). The number of anilines is 1. The van der Waals surface area contributed by atoms with Gasteiger partial charge in [0, 0.05) is 5.69 Å². The number of nitrogens with one attached hydrogen (secondary N) is 2. The van der Waals surface area contributed by atoms with Crippen LogP contribution in [0.25, 0.3) is 10.8 Å². The van der Waals surface area contributed by atoms with Crippen molar-refractivity contribution in [1.82, 2.24) is 4.72 Å². The molecule has 4 aromatic carbocycles. The van der Waals surface area contributed by atoms with E-state index in [0.717, 1.165) is 27.6 Å². The summed E-state index contributed by atoms with van der Waals surface area (Å²) in [6.07, 6.45) is 0. The fourth-order valence-corrected chi connectivity index (χ4v) is 5.48. The maximum Gasteiger partial charge on any atom is 0.241 e. The Labute approximate surface area is 176 Å². The van der Waals surface area contributed by atoms with Crippen molar-refractivity contribution < 1.29 is 8.42 Å². The number of hydrogen-bond donors (Lipinski definition) is 2. The zero-order chi connectivity index (χ0) is 20.7. The molecule has 0 saturated carbocycles. The SMILES string of the molecule is Cc1ccc(NC2c3cccc4cccc(c34)C2NS(=O)(=O)c2ccccc2)cc1. The van der Waals surface area contributed by atoms with Gasteiger partial charge in [0.15, 0.2) is 0 Å². The van der Waals surface area contributed by atoms with Gasteiger partial charge in [-0.2, -0.15) is 0 Å². The molecule has 0 heterocycles. The molecule has 0 radical (unpaired) electrons. The van der Waals surface area contributed by atoms with Crippen LogP contribution >= 0.6 is 0 Å². The Morgan fingerprint density at radius 3 is 2.00 bits per heavy atom. The average Bonchev–Trinajstić information content (AvgIpc) is 3.05. The Morgan fingerprint density at radius 2 is 1.33 bits per heavy atom. The number of rotatable bonds is 5. The lowest BCUT2D eigenvalue weighted by Crippen LogP contribution is -2.33. The Kier molecular flexibility index (Phi) is 4.57. The highest BCUT2D eigenvalue weighted by atomic mass is 32.2. The van der Waals surface area contributed by atoms with Crippen LogP contribution in [-0.2, 0) is 10.0 Å². The van der Waals surface area contributed by atoms with Crippen LogP contribution in [-0.4, -0.2) is 8.42 Å². The second-order valence-corrected chi connectivity index (χ2v) is 9.41. The second-order valence-electron chi connectivity index (χ2n) is 7.69. The minimum Gasteiger partial charge on any atom is -0.376 e. The van der Waals surface area contributed by atoms with Gasteiger partial charge in [-0.05, 0) is 53.1 Å². The first-order valence-corrected chi connectivity index (χ1v) is 11.4. The molecule has 0 aromatic heterocycles. The van der Waals surface area contributed by atoms with Crippen LogP contribution in [0.4, 0.5) is 5.69 Å². The van der Waals surface area contributed by atoms with E-state index in [0.29, 0.717) is 0 Å². The first kappa shape index (κ1) is 18.9. The van der Waals surface area contributed by atoms with Gasteiger partial charge >= 0.3 is 0 Å². The number of benzene rings is 4. The summed E-state index contributed by atoms with van der Waals surface area (Å²) in [5.74, 6) is 0.